The fourth-order valence-corrected chi connectivity index (χ4v) is 2.27. The van der Waals surface area contributed by atoms with Crippen LogP contribution in [-0.2, 0) is 13.0 Å². The van der Waals surface area contributed by atoms with Crippen LogP contribution in [0.4, 0.5) is 0 Å². The number of carbonyl (C=O) groups is 1. The number of aryl methyl sites for hydroxylation is 1. The summed E-state index contributed by atoms with van der Waals surface area (Å²) in [6, 6.07) is 10.3. The van der Waals surface area contributed by atoms with Gasteiger partial charge in [-0.1, -0.05) is 36.7 Å². The van der Waals surface area contributed by atoms with Crippen molar-refractivity contribution in [3.05, 3.63) is 58.4 Å². The van der Waals surface area contributed by atoms with Gasteiger partial charge in [-0.3, -0.25) is 4.79 Å². The van der Waals surface area contributed by atoms with Crippen molar-refractivity contribution in [1.29, 1.82) is 0 Å². The first-order valence-electron chi connectivity index (χ1n) is 6.70. The molecule has 110 valence electrons. The number of hydrogen-bond acceptors (Lipinski definition) is 3. The van der Waals surface area contributed by atoms with E-state index in [0.717, 1.165) is 5.69 Å². The number of nitrogens with zero attached hydrogens (tertiary/aromatic N) is 2. The Hall–Kier alpha value is -2.07. The van der Waals surface area contributed by atoms with Gasteiger partial charge in [-0.15, -0.1) is 0 Å². The summed E-state index contributed by atoms with van der Waals surface area (Å²) in [7, 11) is 1.69. The number of hydrogen-bond donors (Lipinski definition) is 1. The molecule has 0 radical (unpaired) electrons. The summed E-state index contributed by atoms with van der Waals surface area (Å²) in [6.45, 7) is 2.28. The number of aromatic hydroxyl groups is 1. The van der Waals surface area contributed by atoms with Crippen LogP contribution in [0.15, 0.2) is 36.4 Å². The smallest absolute Gasteiger partial charge is 0.254 e. The highest BCUT2D eigenvalue weighted by Gasteiger charge is 2.15. The minimum absolute atomic E-state index is 0.155. The van der Waals surface area contributed by atoms with E-state index in [1.54, 1.807) is 42.3 Å². The van der Waals surface area contributed by atoms with Crippen molar-refractivity contribution in [3.8, 4) is 5.75 Å². The third-order valence-corrected chi connectivity index (χ3v) is 3.40. The van der Waals surface area contributed by atoms with E-state index in [1.807, 2.05) is 13.0 Å². The summed E-state index contributed by atoms with van der Waals surface area (Å²) in [4.78, 5) is 18.1. The topological polar surface area (TPSA) is 53.4 Å². The molecule has 5 heteroatoms. The second-order valence-electron chi connectivity index (χ2n) is 4.81. The average molecular weight is 305 g/mol. The number of amides is 1. The van der Waals surface area contributed by atoms with E-state index in [2.05, 4.69) is 4.98 Å². The SMILES string of the molecule is CCc1cc(C(=O)N(C)Cc2ccccc2O)cc(Cl)n1. The average Bonchev–Trinajstić information content (AvgIpc) is 2.48. The number of pyridine rings is 1. The Balaban J connectivity index is 2.20. The molecular weight excluding hydrogens is 288 g/mol. The number of carbonyl (C=O) groups excluding carboxylic acids is 1. The molecule has 1 amide bonds. The van der Waals surface area contributed by atoms with Gasteiger partial charge in [-0.25, -0.2) is 4.98 Å². The Labute approximate surface area is 129 Å². The highest BCUT2D eigenvalue weighted by Crippen LogP contribution is 2.19. The Morgan fingerprint density at radius 3 is 2.71 bits per heavy atom. The molecule has 0 atom stereocenters. The van der Waals surface area contributed by atoms with Crippen LogP contribution in [0.1, 0.15) is 28.5 Å². The molecule has 0 aliphatic heterocycles. The van der Waals surface area contributed by atoms with Gasteiger partial charge in [0.1, 0.15) is 10.9 Å². The molecule has 0 spiro atoms. The molecule has 21 heavy (non-hydrogen) atoms. The minimum Gasteiger partial charge on any atom is -0.508 e. The van der Waals surface area contributed by atoms with Crippen molar-refractivity contribution in [1.82, 2.24) is 9.88 Å². The lowest BCUT2D eigenvalue weighted by Crippen LogP contribution is -2.26. The van der Waals surface area contributed by atoms with Gasteiger partial charge in [0.05, 0.1) is 0 Å². The van der Waals surface area contributed by atoms with Crippen molar-refractivity contribution in [2.45, 2.75) is 19.9 Å². The molecule has 2 aromatic rings. The number of para-hydroxylation sites is 1. The van der Waals surface area contributed by atoms with Crippen LogP contribution < -0.4 is 0 Å². The van der Waals surface area contributed by atoms with Gasteiger partial charge < -0.3 is 10.0 Å². The van der Waals surface area contributed by atoms with Gasteiger partial charge in [-0.05, 0) is 24.6 Å². The zero-order valence-corrected chi connectivity index (χ0v) is 12.8. The standard InChI is InChI=1S/C16H17ClN2O2/c1-3-13-8-12(9-15(17)18-13)16(21)19(2)10-11-6-4-5-7-14(11)20/h4-9,20H,3,10H2,1-2H3. The fourth-order valence-electron chi connectivity index (χ4n) is 2.05. The van der Waals surface area contributed by atoms with E-state index in [-0.39, 0.29) is 11.7 Å². The van der Waals surface area contributed by atoms with Gasteiger partial charge in [0, 0.05) is 30.4 Å². The van der Waals surface area contributed by atoms with Gasteiger partial charge in [-0.2, -0.15) is 0 Å². The molecule has 2 rings (SSSR count). The summed E-state index contributed by atoms with van der Waals surface area (Å²) >= 11 is 5.94. The number of halogens is 1. The monoisotopic (exact) mass is 304 g/mol. The molecule has 1 N–H and O–H groups in total. The van der Waals surface area contributed by atoms with Gasteiger partial charge in [0.15, 0.2) is 0 Å². The van der Waals surface area contributed by atoms with Crippen LogP contribution in [0.2, 0.25) is 5.15 Å². The molecule has 0 aliphatic rings. The van der Waals surface area contributed by atoms with Crippen molar-refractivity contribution < 1.29 is 9.90 Å². The maximum atomic E-state index is 12.4. The van der Waals surface area contributed by atoms with Crippen LogP contribution in [0, 0.1) is 0 Å². The Kier molecular flexibility index (Phi) is 4.81. The molecule has 1 aromatic heterocycles. The highest BCUT2D eigenvalue weighted by molar-refractivity contribution is 6.29. The Morgan fingerprint density at radius 1 is 1.33 bits per heavy atom. The quantitative estimate of drug-likeness (QED) is 0.882. The van der Waals surface area contributed by atoms with E-state index < -0.39 is 0 Å². The van der Waals surface area contributed by atoms with E-state index >= 15 is 0 Å². The second-order valence-corrected chi connectivity index (χ2v) is 5.20. The summed E-state index contributed by atoms with van der Waals surface area (Å²) < 4.78 is 0. The first-order chi connectivity index (χ1) is 10.0. The molecule has 0 aliphatic carbocycles. The third kappa shape index (κ3) is 3.73. The van der Waals surface area contributed by atoms with Gasteiger partial charge in [0.2, 0.25) is 0 Å². The molecule has 1 heterocycles. The fraction of sp³-hybridized carbons (Fsp3) is 0.250. The zero-order valence-electron chi connectivity index (χ0n) is 12.0. The van der Waals surface area contributed by atoms with Crippen LogP contribution in [0.5, 0.6) is 5.75 Å². The van der Waals surface area contributed by atoms with E-state index in [9.17, 15) is 9.90 Å². The van der Waals surface area contributed by atoms with Gasteiger partial charge in [0.25, 0.3) is 5.91 Å². The van der Waals surface area contributed by atoms with Crippen molar-refractivity contribution in [2.24, 2.45) is 0 Å². The van der Waals surface area contributed by atoms with Crippen LogP contribution in [0.3, 0.4) is 0 Å². The van der Waals surface area contributed by atoms with Gasteiger partial charge >= 0.3 is 0 Å². The number of phenolic OH excluding ortho intramolecular Hbond substituents is 1. The largest absolute Gasteiger partial charge is 0.508 e. The number of benzene rings is 1. The molecule has 0 bridgehead atoms. The molecule has 0 unspecified atom stereocenters. The molecule has 0 fully saturated rings. The highest BCUT2D eigenvalue weighted by atomic mass is 35.5. The predicted molar refractivity (Wildman–Crippen MR) is 82.5 cm³/mol. The third-order valence-electron chi connectivity index (χ3n) is 3.20. The van der Waals surface area contributed by atoms with Crippen molar-refractivity contribution in [3.63, 3.8) is 0 Å². The summed E-state index contributed by atoms with van der Waals surface area (Å²) in [5, 5.41) is 10.1. The predicted octanol–water partition coefficient (Wildman–Crippen LogP) is 3.28. The normalized spacial score (nSPS) is 10.4. The maximum Gasteiger partial charge on any atom is 0.254 e. The first kappa shape index (κ1) is 15.3. The van der Waals surface area contributed by atoms with E-state index in [4.69, 9.17) is 11.6 Å². The molecular formula is C16H17ClN2O2. The molecule has 4 nitrogen and oxygen atoms in total. The Bertz CT molecular complexity index is 658. The summed E-state index contributed by atoms with van der Waals surface area (Å²) in [5.74, 6) is 0.0245. The maximum absolute atomic E-state index is 12.4. The van der Waals surface area contributed by atoms with Crippen LogP contribution in [0.25, 0.3) is 0 Å². The van der Waals surface area contributed by atoms with Crippen molar-refractivity contribution in [2.75, 3.05) is 7.05 Å². The Morgan fingerprint density at radius 2 is 2.05 bits per heavy atom. The lowest BCUT2D eigenvalue weighted by Gasteiger charge is -2.18. The lowest BCUT2D eigenvalue weighted by atomic mass is 10.1. The van der Waals surface area contributed by atoms with Crippen molar-refractivity contribution >= 4 is 17.5 Å². The zero-order chi connectivity index (χ0) is 15.4. The second kappa shape index (κ2) is 6.59. The molecule has 0 saturated heterocycles. The minimum atomic E-state index is -0.155. The van der Waals surface area contributed by atoms with E-state index in [0.29, 0.717) is 29.2 Å². The number of aromatic nitrogens is 1. The van der Waals surface area contributed by atoms with Crippen LogP contribution in [-0.4, -0.2) is 27.9 Å². The number of phenols is 1. The molecule has 0 saturated carbocycles. The lowest BCUT2D eigenvalue weighted by molar-refractivity contribution is 0.0784. The summed E-state index contributed by atoms with van der Waals surface area (Å²) in [5.41, 5.74) is 1.98. The summed E-state index contributed by atoms with van der Waals surface area (Å²) in [6.07, 6.45) is 0.712. The molecule has 1 aromatic carbocycles. The number of rotatable bonds is 4. The first-order valence-corrected chi connectivity index (χ1v) is 7.08. The van der Waals surface area contributed by atoms with E-state index in [1.165, 1.54) is 0 Å². The van der Waals surface area contributed by atoms with Crippen LogP contribution >= 0.6 is 11.6 Å².